The van der Waals surface area contributed by atoms with Gasteiger partial charge in [-0.3, -0.25) is 4.98 Å². The first kappa shape index (κ1) is 22.9. The molecule has 0 unspecified atom stereocenters. The van der Waals surface area contributed by atoms with Crippen LogP contribution in [0.15, 0.2) is 55.6 Å². The van der Waals surface area contributed by atoms with Gasteiger partial charge in [0.05, 0.1) is 18.6 Å². The van der Waals surface area contributed by atoms with Crippen LogP contribution < -0.4 is 0 Å². The van der Waals surface area contributed by atoms with Gasteiger partial charge < -0.3 is 0 Å². The minimum absolute atomic E-state index is 0.637. The van der Waals surface area contributed by atoms with Crippen LogP contribution in [0.1, 0.15) is 41.5 Å². The van der Waals surface area contributed by atoms with E-state index in [0.29, 0.717) is 5.65 Å². The van der Waals surface area contributed by atoms with Crippen molar-refractivity contribution in [1.29, 1.82) is 0 Å². The largest absolute Gasteiger partial charge is 0.262 e. The van der Waals surface area contributed by atoms with E-state index in [-0.39, 0.29) is 0 Å². The molecule has 0 saturated heterocycles. The lowest BCUT2D eigenvalue weighted by Gasteiger charge is -1.89. The summed E-state index contributed by atoms with van der Waals surface area (Å²) in [6.07, 6.45) is 11.4. The highest BCUT2D eigenvalue weighted by molar-refractivity contribution is 5.75. The molecule has 7 nitrogen and oxygen atoms in total. The zero-order chi connectivity index (χ0) is 19.6. The van der Waals surface area contributed by atoms with Crippen LogP contribution in [0.5, 0.6) is 0 Å². The molecule has 138 valence electrons. The van der Waals surface area contributed by atoms with Crippen molar-refractivity contribution in [1.82, 2.24) is 35.1 Å². The topological polar surface area (TPSA) is 90.2 Å². The number of aromatic nitrogens is 7. The summed E-state index contributed by atoms with van der Waals surface area (Å²) in [4.78, 5) is 19.6. The summed E-state index contributed by atoms with van der Waals surface area (Å²) in [5.74, 6) is 0. The Bertz CT molecular complexity index is 635. The fraction of sp³-hybridized carbons (Fsp3) is 0.316. The molecule has 0 amide bonds. The Morgan fingerprint density at radius 2 is 1.27 bits per heavy atom. The fourth-order valence-electron chi connectivity index (χ4n) is 1.55. The molecule has 0 N–H and O–H groups in total. The van der Waals surface area contributed by atoms with Gasteiger partial charge in [-0.2, -0.15) is 5.10 Å². The van der Waals surface area contributed by atoms with Gasteiger partial charge in [0, 0.05) is 24.0 Å². The number of nitrogens with zero attached hydrogens (tertiary/aromatic N) is 7. The van der Waals surface area contributed by atoms with E-state index in [4.69, 9.17) is 0 Å². The standard InChI is InChI=1S/C7H5N3.C6H4N4.3C2H6/c1-3-8-5-7-6(1)2-4-9-10-7;1-2-9-6-5(8-1)3-7-4-10-6;3*1-2/h1-5H;1-4H;3*1-2H3. The molecule has 0 spiro atoms. The lowest BCUT2D eigenvalue weighted by molar-refractivity contribution is 1.07. The summed E-state index contributed by atoms with van der Waals surface area (Å²) >= 11 is 0. The van der Waals surface area contributed by atoms with Gasteiger partial charge in [-0.05, 0) is 12.1 Å². The molecule has 0 aliphatic carbocycles. The van der Waals surface area contributed by atoms with Crippen LogP contribution in [-0.4, -0.2) is 35.1 Å². The Morgan fingerprint density at radius 1 is 0.615 bits per heavy atom. The van der Waals surface area contributed by atoms with Crippen LogP contribution in [0.3, 0.4) is 0 Å². The SMILES string of the molecule is CC.CC.CC.c1cc2ccnnc2cn1.c1cnc2ncncc2n1. The molecular formula is C19H27N7. The van der Waals surface area contributed by atoms with Gasteiger partial charge >= 0.3 is 0 Å². The first-order chi connectivity index (χ1) is 12.9. The van der Waals surface area contributed by atoms with Crippen LogP contribution in [-0.2, 0) is 0 Å². The van der Waals surface area contributed by atoms with E-state index in [1.54, 1.807) is 37.2 Å². The summed E-state index contributed by atoms with van der Waals surface area (Å²) in [5, 5.41) is 8.67. The third kappa shape index (κ3) is 7.65. The predicted molar refractivity (Wildman–Crippen MR) is 107 cm³/mol. The minimum Gasteiger partial charge on any atom is -0.262 e. The van der Waals surface area contributed by atoms with Crippen molar-refractivity contribution >= 4 is 22.1 Å². The lowest BCUT2D eigenvalue weighted by Crippen LogP contribution is -1.85. The average Bonchev–Trinajstić information content (AvgIpc) is 2.78. The highest BCUT2D eigenvalue weighted by Gasteiger charge is 1.91. The first-order valence-corrected chi connectivity index (χ1v) is 8.81. The van der Waals surface area contributed by atoms with Crippen LogP contribution >= 0.6 is 0 Å². The van der Waals surface area contributed by atoms with Crippen LogP contribution in [0.4, 0.5) is 0 Å². The van der Waals surface area contributed by atoms with E-state index < -0.39 is 0 Å². The molecule has 0 aliphatic rings. The maximum atomic E-state index is 3.99. The first-order valence-electron chi connectivity index (χ1n) is 8.81. The van der Waals surface area contributed by atoms with E-state index in [1.807, 2.05) is 53.7 Å². The van der Waals surface area contributed by atoms with Gasteiger partial charge in [-0.25, -0.2) is 19.9 Å². The molecule has 0 fully saturated rings. The molecule has 4 aromatic rings. The number of fused-ring (bicyclic) bond motifs is 2. The van der Waals surface area contributed by atoms with Crippen molar-refractivity contribution in [2.45, 2.75) is 41.5 Å². The third-order valence-electron chi connectivity index (χ3n) is 2.47. The smallest absolute Gasteiger partial charge is 0.181 e. The fourth-order valence-corrected chi connectivity index (χ4v) is 1.55. The van der Waals surface area contributed by atoms with E-state index in [9.17, 15) is 0 Å². The second-order valence-corrected chi connectivity index (χ2v) is 3.75. The van der Waals surface area contributed by atoms with Crippen molar-refractivity contribution in [3.05, 3.63) is 55.6 Å². The Kier molecular flexibility index (Phi) is 13.6. The molecule has 4 rings (SSSR count). The number of hydrogen-bond acceptors (Lipinski definition) is 7. The Balaban J connectivity index is 0.000000375. The van der Waals surface area contributed by atoms with Crippen molar-refractivity contribution in [3.8, 4) is 0 Å². The van der Waals surface area contributed by atoms with Crippen LogP contribution in [0.25, 0.3) is 22.1 Å². The zero-order valence-corrected chi connectivity index (χ0v) is 16.3. The molecule has 0 bridgehead atoms. The van der Waals surface area contributed by atoms with Crippen molar-refractivity contribution < 1.29 is 0 Å². The predicted octanol–water partition coefficient (Wildman–Crippen LogP) is 4.52. The average molecular weight is 353 g/mol. The van der Waals surface area contributed by atoms with Crippen LogP contribution in [0.2, 0.25) is 0 Å². The second kappa shape index (κ2) is 15.4. The van der Waals surface area contributed by atoms with Gasteiger partial charge in [0.2, 0.25) is 0 Å². The highest BCUT2D eigenvalue weighted by atomic mass is 15.1. The van der Waals surface area contributed by atoms with Crippen LogP contribution in [0, 0.1) is 0 Å². The van der Waals surface area contributed by atoms with Gasteiger partial charge in [-0.15, -0.1) is 5.10 Å². The van der Waals surface area contributed by atoms with Gasteiger partial charge in [0.15, 0.2) is 5.65 Å². The van der Waals surface area contributed by atoms with E-state index in [1.165, 1.54) is 6.33 Å². The van der Waals surface area contributed by atoms with Gasteiger partial charge in [-0.1, -0.05) is 41.5 Å². The van der Waals surface area contributed by atoms with E-state index >= 15 is 0 Å². The normalized spacial score (nSPS) is 8.38. The highest BCUT2D eigenvalue weighted by Crippen LogP contribution is 2.04. The summed E-state index contributed by atoms with van der Waals surface area (Å²) in [5.41, 5.74) is 2.20. The molecule has 0 atom stereocenters. The zero-order valence-electron chi connectivity index (χ0n) is 16.3. The maximum Gasteiger partial charge on any atom is 0.181 e. The van der Waals surface area contributed by atoms with Gasteiger partial charge in [0.1, 0.15) is 17.4 Å². The molecule has 4 heterocycles. The Hall–Kier alpha value is -3.09. The van der Waals surface area contributed by atoms with Gasteiger partial charge in [0.25, 0.3) is 0 Å². The Morgan fingerprint density at radius 3 is 1.96 bits per heavy atom. The third-order valence-corrected chi connectivity index (χ3v) is 2.47. The summed E-state index contributed by atoms with van der Waals surface area (Å²) < 4.78 is 0. The molecular weight excluding hydrogens is 326 g/mol. The van der Waals surface area contributed by atoms with E-state index in [2.05, 4.69) is 35.1 Å². The quantitative estimate of drug-likeness (QED) is 0.459. The lowest BCUT2D eigenvalue weighted by atomic mass is 10.3. The number of hydrogen-bond donors (Lipinski definition) is 0. The molecule has 0 aliphatic heterocycles. The minimum atomic E-state index is 0.637. The molecule has 26 heavy (non-hydrogen) atoms. The van der Waals surface area contributed by atoms with Crippen molar-refractivity contribution in [2.24, 2.45) is 0 Å². The second-order valence-electron chi connectivity index (χ2n) is 3.75. The molecule has 0 aromatic carbocycles. The summed E-state index contributed by atoms with van der Waals surface area (Å²) in [6.45, 7) is 12.0. The number of rotatable bonds is 0. The van der Waals surface area contributed by atoms with Crippen molar-refractivity contribution in [3.63, 3.8) is 0 Å². The molecule has 0 saturated carbocycles. The van der Waals surface area contributed by atoms with E-state index in [0.717, 1.165) is 16.4 Å². The number of pyridine rings is 1. The molecule has 0 radical (unpaired) electrons. The summed E-state index contributed by atoms with van der Waals surface area (Å²) in [7, 11) is 0. The monoisotopic (exact) mass is 353 g/mol. The van der Waals surface area contributed by atoms with Crippen molar-refractivity contribution in [2.75, 3.05) is 0 Å². The molecule has 4 aromatic heterocycles. The maximum absolute atomic E-state index is 3.99. The molecule has 7 heteroatoms. The Labute approximate surface area is 155 Å². The summed E-state index contributed by atoms with van der Waals surface area (Å²) in [6, 6.07) is 3.81.